The fourth-order valence-electron chi connectivity index (χ4n) is 3.55. The van der Waals surface area contributed by atoms with E-state index < -0.39 is 5.54 Å². The quantitative estimate of drug-likeness (QED) is 0.590. The van der Waals surface area contributed by atoms with Crippen LogP contribution in [0.1, 0.15) is 17.5 Å². The van der Waals surface area contributed by atoms with Crippen molar-refractivity contribution in [3.8, 4) is 17.6 Å². The maximum Gasteiger partial charge on any atom is 0.232 e. The molecule has 0 spiro atoms. The van der Waals surface area contributed by atoms with Crippen LogP contribution in [0.5, 0.6) is 11.5 Å². The molecular weight excluding hydrogens is 364 g/mol. The highest BCUT2D eigenvalue weighted by molar-refractivity contribution is 6.04. The summed E-state index contributed by atoms with van der Waals surface area (Å²) in [5.74, 6) is 1.33. The van der Waals surface area contributed by atoms with E-state index in [1.54, 1.807) is 36.3 Å². The Bertz CT molecular complexity index is 1040. The Morgan fingerprint density at radius 3 is 2.21 bits per heavy atom. The van der Waals surface area contributed by atoms with E-state index >= 15 is 0 Å². The Kier molecular flexibility index (Phi) is 4.92. The van der Waals surface area contributed by atoms with E-state index in [2.05, 4.69) is 6.07 Å². The Labute approximate surface area is 169 Å². The molecule has 0 saturated carbocycles. The minimum atomic E-state index is -1.01. The van der Waals surface area contributed by atoms with Crippen LogP contribution in [0.3, 0.4) is 0 Å². The number of nitrogens with zero attached hydrogens (tertiary/aromatic N) is 2. The van der Waals surface area contributed by atoms with Crippen LogP contribution in [-0.2, 0) is 16.9 Å². The van der Waals surface area contributed by atoms with E-state index in [1.165, 1.54) is 0 Å². The van der Waals surface area contributed by atoms with Gasteiger partial charge in [0.05, 0.1) is 19.6 Å². The van der Waals surface area contributed by atoms with Gasteiger partial charge >= 0.3 is 0 Å². The second-order valence-corrected chi connectivity index (χ2v) is 6.87. The molecule has 0 unspecified atom stereocenters. The summed E-state index contributed by atoms with van der Waals surface area (Å²) < 4.78 is 11.0. The van der Waals surface area contributed by atoms with Crippen molar-refractivity contribution in [1.29, 1.82) is 5.26 Å². The average Bonchev–Trinajstić information content (AvgIpc) is 2.77. The van der Waals surface area contributed by atoms with Crippen LogP contribution in [0.25, 0.3) is 0 Å². The monoisotopic (exact) mass is 384 g/mol. The van der Waals surface area contributed by atoms with E-state index in [0.717, 1.165) is 11.1 Å². The van der Waals surface area contributed by atoms with Crippen LogP contribution in [0, 0.1) is 11.3 Å². The van der Waals surface area contributed by atoms with Crippen LogP contribution in [0.4, 0.5) is 5.69 Å². The number of benzene rings is 3. The largest absolute Gasteiger partial charge is 0.497 e. The zero-order chi connectivity index (χ0) is 20.3. The smallest absolute Gasteiger partial charge is 0.232 e. The van der Waals surface area contributed by atoms with Crippen LogP contribution in [0.2, 0.25) is 0 Å². The van der Waals surface area contributed by atoms with Gasteiger partial charge in [0.25, 0.3) is 0 Å². The number of amides is 1. The summed E-state index contributed by atoms with van der Waals surface area (Å²) in [6.07, 6.45) is 0.153. The zero-order valence-corrected chi connectivity index (χ0v) is 16.0. The topological polar surface area (TPSA) is 62.6 Å². The number of carbonyl (C=O) groups excluding carboxylic acids is 1. The van der Waals surface area contributed by atoms with Crippen LogP contribution in [0.15, 0.2) is 78.9 Å². The Morgan fingerprint density at radius 2 is 1.62 bits per heavy atom. The van der Waals surface area contributed by atoms with Crippen molar-refractivity contribution in [2.75, 3.05) is 12.0 Å². The number of anilines is 1. The minimum absolute atomic E-state index is 0.0823. The molecule has 144 valence electrons. The van der Waals surface area contributed by atoms with Crippen molar-refractivity contribution in [3.63, 3.8) is 0 Å². The van der Waals surface area contributed by atoms with Gasteiger partial charge in [-0.15, -0.1) is 0 Å². The van der Waals surface area contributed by atoms with Gasteiger partial charge in [-0.2, -0.15) is 5.26 Å². The van der Waals surface area contributed by atoms with E-state index in [4.69, 9.17) is 9.47 Å². The minimum Gasteiger partial charge on any atom is -0.497 e. The molecule has 1 aliphatic rings. The van der Waals surface area contributed by atoms with Crippen molar-refractivity contribution in [2.24, 2.45) is 0 Å². The van der Waals surface area contributed by atoms with Crippen LogP contribution in [-0.4, -0.2) is 13.0 Å². The number of methoxy groups -OCH3 is 1. The number of hydrogen-bond acceptors (Lipinski definition) is 4. The fraction of sp³-hybridized carbons (Fsp3) is 0.167. The van der Waals surface area contributed by atoms with E-state index in [1.807, 2.05) is 54.6 Å². The molecule has 0 aromatic heterocycles. The number of ether oxygens (including phenoxy) is 2. The van der Waals surface area contributed by atoms with Gasteiger partial charge in [-0.25, -0.2) is 0 Å². The lowest BCUT2D eigenvalue weighted by Gasteiger charge is -2.47. The predicted molar refractivity (Wildman–Crippen MR) is 110 cm³/mol. The predicted octanol–water partition coefficient (Wildman–Crippen LogP) is 4.43. The summed E-state index contributed by atoms with van der Waals surface area (Å²) >= 11 is 0. The highest BCUT2D eigenvalue weighted by Crippen LogP contribution is 2.45. The first-order valence-corrected chi connectivity index (χ1v) is 9.32. The summed E-state index contributed by atoms with van der Waals surface area (Å²) in [6.45, 7) is 0.472. The molecule has 0 N–H and O–H groups in total. The standard InChI is InChI=1S/C24H20N2O3/c1-28-21-13-9-20(10-14-21)26-23(27)15-24(26,17-25)19-7-11-22(12-8-19)29-16-18-5-3-2-4-6-18/h2-14H,15-16H2,1H3/t24-/m1/s1. The van der Waals surface area contributed by atoms with Crippen LogP contribution >= 0.6 is 0 Å². The second kappa shape index (κ2) is 7.69. The highest BCUT2D eigenvalue weighted by atomic mass is 16.5. The van der Waals surface area contributed by atoms with Crippen LogP contribution < -0.4 is 14.4 Å². The number of hydrogen-bond donors (Lipinski definition) is 0. The molecule has 1 atom stereocenters. The van der Waals surface area contributed by atoms with Crippen molar-refractivity contribution in [1.82, 2.24) is 0 Å². The summed E-state index contributed by atoms with van der Waals surface area (Å²) in [5.41, 5.74) is 1.51. The van der Waals surface area contributed by atoms with Crippen molar-refractivity contribution >= 4 is 11.6 Å². The van der Waals surface area contributed by atoms with Crippen molar-refractivity contribution in [2.45, 2.75) is 18.6 Å². The normalized spacial score (nSPS) is 17.9. The van der Waals surface area contributed by atoms with Gasteiger partial charge in [-0.05, 0) is 47.5 Å². The summed E-state index contributed by atoms with van der Waals surface area (Å²) in [5, 5.41) is 9.96. The van der Waals surface area contributed by atoms with E-state index in [-0.39, 0.29) is 12.3 Å². The molecule has 1 fully saturated rings. The number of carbonyl (C=O) groups is 1. The third-order valence-corrected chi connectivity index (χ3v) is 5.13. The first kappa shape index (κ1) is 18.6. The molecule has 3 aromatic rings. The zero-order valence-electron chi connectivity index (χ0n) is 16.0. The van der Waals surface area contributed by atoms with Gasteiger partial charge in [0.15, 0.2) is 5.54 Å². The van der Waals surface area contributed by atoms with Gasteiger partial charge in [0.1, 0.15) is 18.1 Å². The fourth-order valence-corrected chi connectivity index (χ4v) is 3.55. The number of rotatable bonds is 6. The second-order valence-electron chi connectivity index (χ2n) is 6.87. The lowest BCUT2D eigenvalue weighted by atomic mass is 9.78. The van der Waals surface area contributed by atoms with Crippen molar-refractivity contribution < 1.29 is 14.3 Å². The molecule has 1 aliphatic heterocycles. The van der Waals surface area contributed by atoms with Gasteiger partial charge in [-0.1, -0.05) is 42.5 Å². The SMILES string of the molecule is COc1ccc(N2C(=O)C[C@@]2(C#N)c2ccc(OCc3ccccc3)cc2)cc1. The van der Waals surface area contributed by atoms with Crippen molar-refractivity contribution in [3.05, 3.63) is 90.0 Å². The van der Waals surface area contributed by atoms with Gasteiger partial charge in [0, 0.05) is 5.69 Å². The maximum atomic E-state index is 12.4. The van der Waals surface area contributed by atoms with Gasteiger partial charge in [-0.3, -0.25) is 9.69 Å². The van der Waals surface area contributed by atoms with Gasteiger partial charge < -0.3 is 9.47 Å². The summed E-state index contributed by atoms with van der Waals surface area (Å²) in [6, 6.07) is 26.8. The molecule has 0 aliphatic carbocycles. The first-order valence-electron chi connectivity index (χ1n) is 9.32. The lowest BCUT2D eigenvalue weighted by Crippen LogP contribution is -2.61. The first-order chi connectivity index (χ1) is 14.2. The highest BCUT2D eigenvalue weighted by Gasteiger charge is 2.53. The molecule has 4 rings (SSSR count). The molecule has 5 nitrogen and oxygen atoms in total. The Morgan fingerprint density at radius 1 is 0.966 bits per heavy atom. The molecule has 1 heterocycles. The molecule has 0 radical (unpaired) electrons. The molecular formula is C24H20N2O3. The Balaban J connectivity index is 1.55. The molecule has 0 bridgehead atoms. The van der Waals surface area contributed by atoms with Gasteiger partial charge in [0.2, 0.25) is 5.91 Å². The maximum absolute atomic E-state index is 12.4. The summed E-state index contributed by atoms with van der Waals surface area (Å²) in [4.78, 5) is 13.9. The van der Waals surface area contributed by atoms with E-state index in [0.29, 0.717) is 23.8 Å². The third-order valence-electron chi connectivity index (χ3n) is 5.13. The third kappa shape index (κ3) is 3.41. The molecule has 1 amide bonds. The molecule has 5 heteroatoms. The number of β-lactam (4-membered cyclic amide) rings is 1. The summed E-state index contributed by atoms with van der Waals surface area (Å²) in [7, 11) is 1.59. The van der Waals surface area contributed by atoms with E-state index in [9.17, 15) is 10.1 Å². The lowest BCUT2D eigenvalue weighted by molar-refractivity contribution is -0.126. The molecule has 29 heavy (non-hydrogen) atoms. The molecule has 3 aromatic carbocycles. The molecule has 1 saturated heterocycles. The Hall–Kier alpha value is -3.78. The number of nitriles is 1. The average molecular weight is 384 g/mol.